The largest absolute Gasteiger partial charge is 0.275 e. The van der Waals surface area contributed by atoms with Crippen molar-refractivity contribution in [1.82, 2.24) is 14.5 Å². The fourth-order valence-electron chi connectivity index (χ4n) is 1.65. The number of nitrogens with one attached hydrogen (secondary N) is 1. The van der Waals surface area contributed by atoms with Gasteiger partial charge in [0.2, 0.25) is 10.0 Å². The molecule has 0 amide bonds. The van der Waals surface area contributed by atoms with Crippen LogP contribution in [-0.2, 0) is 23.6 Å². The number of halogens is 2. The van der Waals surface area contributed by atoms with Gasteiger partial charge >= 0.3 is 0 Å². The van der Waals surface area contributed by atoms with Gasteiger partial charge in [0.05, 0.1) is 11.1 Å². The van der Waals surface area contributed by atoms with Crippen LogP contribution < -0.4 is 4.72 Å². The zero-order valence-corrected chi connectivity index (χ0v) is 14.9. The Labute approximate surface area is 134 Å². The van der Waals surface area contributed by atoms with Crippen molar-refractivity contribution >= 4 is 41.9 Å². The van der Waals surface area contributed by atoms with Gasteiger partial charge in [0.15, 0.2) is 0 Å². The van der Waals surface area contributed by atoms with E-state index in [0.717, 1.165) is 15.6 Å². The van der Waals surface area contributed by atoms with Gasteiger partial charge in [0.25, 0.3) is 0 Å². The molecular formula is C12H13Br2N3O2S. The summed E-state index contributed by atoms with van der Waals surface area (Å²) in [7, 11) is -1.80. The molecule has 0 aliphatic rings. The number of rotatable bonds is 4. The van der Waals surface area contributed by atoms with Crippen LogP contribution in [0.3, 0.4) is 0 Å². The number of sulfonamides is 1. The number of nitrogens with zero attached hydrogens (tertiary/aromatic N) is 2. The van der Waals surface area contributed by atoms with Crippen LogP contribution in [0.2, 0.25) is 0 Å². The topological polar surface area (TPSA) is 64.0 Å². The van der Waals surface area contributed by atoms with Crippen molar-refractivity contribution in [3.63, 3.8) is 0 Å². The van der Waals surface area contributed by atoms with Crippen molar-refractivity contribution in [2.45, 2.75) is 18.4 Å². The van der Waals surface area contributed by atoms with Gasteiger partial charge in [-0.3, -0.25) is 4.68 Å². The van der Waals surface area contributed by atoms with E-state index in [4.69, 9.17) is 0 Å². The summed E-state index contributed by atoms with van der Waals surface area (Å²) in [6, 6.07) is 3.35. The fraction of sp³-hybridized carbons (Fsp3) is 0.250. The maximum Gasteiger partial charge on any atom is 0.242 e. The van der Waals surface area contributed by atoms with Gasteiger partial charge < -0.3 is 0 Å². The van der Waals surface area contributed by atoms with E-state index in [1.165, 1.54) is 0 Å². The highest BCUT2D eigenvalue weighted by atomic mass is 79.9. The Morgan fingerprint density at radius 3 is 2.60 bits per heavy atom. The summed E-state index contributed by atoms with van der Waals surface area (Å²) in [4.78, 5) is 0.207. The summed E-state index contributed by atoms with van der Waals surface area (Å²) in [6.07, 6.45) is 3.39. The number of aryl methyl sites for hydroxylation is 2. The summed E-state index contributed by atoms with van der Waals surface area (Å²) in [5.74, 6) is 0. The number of benzene rings is 1. The first kappa shape index (κ1) is 15.7. The zero-order valence-electron chi connectivity index (χ0n) is 10.9. The average Bonchev–Trinajstić information content (AvgIpc) is 2.77. The van der Waals surface area contributed by atoms with E-state index in [-0.39, 0.29) is 11.4 Å². The van der Waals surface area contributed by atoms with Gasteiger partial charge in [-0.1, -0.05) is 15.9 Å². The maximum absolute atomic E-state index is 12.3. The molecule has 0 spiro atoms. The smallest absolute Gasteiger partial charge is 0.242 e. The van der Waals surface area contributed by atoms with Crippen molar-refractivity contribution in [3.8, 4) is 0 Å². The first-order valence-electron chi connectivity index (χ1n) is 5.72. The Morgan fingerprint density at radius 1 is 1.30 bits per heavy atom. The molecule has 8 heteroatoms. The van der Waals surface area contributed by atoms with Gasteiger partial charge in [-0.15, -0.1) is 0 Å². The SMILES string of the molecule is Cc1cc(Br)c(S(=O)(=O)NCc2cnn(C)c2)cc1Br. The fourth-order valence-corrected chi connectivity index (χ4v) is 4.35. The van der Waals surface area contributed by atoms with Crippen LogP contribution in [0, 0.1) is 6.92 Å². The number of hydrogen-bond donors (Lipinski definition) is 1. The highest BCUT2D eigenvalue weighted by Crippen LogP contribution is 2.28. The van der Waals surface area contributed by atoms with Crippen LogP contribution in [0.4, 0.5) is 0 Å². The standard InChI is InChI=1S/C12H13Br2N3O2S/c1-8-3-11(14)12(4-10(8)13)20(18,19)16-6-9-5-15-17(2)7-9/h3-5,7,16H,6H2,1-2H3. The maximum atomic E-state index is 12.3. The Hall–Kier alpha value is -0.700. The second kappa shape index (κ2) is 5.97. The number of hydrogen-bond acceptors (Lipinski definition) is 3. The summed E-state index contributed by atoms with van der Waals surface area (Å²) < 4.78 is 30.1. The molecule has 1 heterocycles. The molecule has 20 heavy (non-hydrogen) atoms. The van der Waals surface area contributed by atoms with Crippen LogP contribution >= 0.6 is 31.9 Å². The third kappa shape index (κ3) is 3.49. The van der Waals surface area contributed by atoms with Crippen LogP contribution in [0.1, 0.15) is 11.1 Å². The molecule has 0 aliphatic carbocycles. The van der Waals surface area contributed by atoms with Gasteiger partial charge in [-0.25, -0.2) is 13.1 Å². The van der Waals surface area contributed by atoms with Crippen LogP contribution in [0.25, 0.3) is 0 Å². The third-order valence-corrected chi connectivity index (χ3v) is 5.94. The first-order chi connectivity index (χ1) is 9.29. The van der Waals surface area contributed by atoms with Crippen molar-refractivity contribution in [2.24, 2.45) is 7.05 Å². The van der Waals surface area contributed by atoms with Crippen molar-refractivity contribution in [2.75, 3.05) is 0 Å². The second-order valence-electron chi connectivity index (χ2n) is 4.38. The molecule has 0 radical (unpaired) electrons. The van der Waals surface area contributed by atoms with E-state index in [2.05, 4.69) is 41.7 Å². The van der Waals surface area contributed by atoms with Crippen LogP contribution in [0.5, 0.6) is 0 Å². The minimum atomic E-state index is -3.58. The molecule has 0 atom stereocenters. The lowest BCUT2D eigenvalue weighted by Crippen LogP contribution is -2.23. The molecule has 2 rings (SSSR count). The summed E-state index contributed by atoms with van der Waals surface area (Å²) in [5, 5.41) is 4.00. The van der Waals surface area contributed by atoms with Crippen molar-refractivity contribution < 1.29 is 8.42 Å². The summed E-state index contributed by atoms with van der Waals surface area (Å²) >= 11 is 6.64. The molecule has 2 aromatic rings. The Balaban J connectivity index is 2.24. The van der Waals surface area contributed by atoms with Crippen LogP contribution in [0.15, 0.2) is 38.4 Å². The van der Waals surface area contributed by atoms with Gasteiger partial charge in [0, 0.05) is 34.3 Å². The van der Waals surface area contributed by atoms with E-state index in [1.807, 2.05) is 6.92 Å². The number of aromatic nitrogens is 2. The monoisotopic (exact) mass is 421 g/mol. The Kier molecular flexibility index (Phi) is 4.68. The van der Waals surface area contributed by atoms with Gasteiger partial charge in [-0.05, 0) is 40.5 Å². The van der Waals surface area contributed by atoms with Crippen LogP contribution in [-0.4, -0.2) is 18.2 Å². The summed E-state index contributed by atoms with van der Waals surface area (Å²) in [6.45, 7) is 2.10. The minimum absolute atomic E-state index is 0.202. The molecular weight excluding hydrogens is 410 g/mol. The molecule has 1 N–H and O–H groups in total. The predicted octanol–water partition coefficient (Wildman–Crippen LogP) is 2.73. The molecule has 0 aliphatic heterocycles. The normalized spacial score (nSPS) is 11.8. The second-order valence-corrected chi connectivity index (χ2v) is 7.82. The highest BCUT2D eigenvalue weighted by molar-refractivity contribution is 9.11. The molecule has 5 nitrogen and oxygen atoms in total. The molecule has 0 saturated carbocycles. The van der Waals surface area contributed by atoms with E-state index >= 15 is 0 Å². The lowest BCUT2D eigenvalue weighted by molar-refractivity contribution is 0.580. The lowest BCUT2D eigenvalue weighted by Gasteiger charge is -2.09. The average molecular weight is 423 g/mol. The molecule has 0 saturated heterocycles. The van der Waals surface area contributed by atoms with Gasteiger partial charge in [-0.2, -0.15) is 5.10 Å². The van der Waals surface area contributed by atoms with E-state index in [1.54, 1.807) is 36.3 Å². The van der Waals surface area contributed by atoms with Gasteiger partial charge in [0.1, 0.15) is 0 Å². The minimum Gasteiger partial charge on any atom is -0.275 e. The zero-order chi connectivity index (χ0) is 14.9. The van der Waals surface area contributed by atoms with E-state index < -0.39 is 10.0 Å². The molecule has 0 fully saturated rings. The Bertz CT molecular complexity index is 741. The summed E-state index contributed by atoms with van der Waals surface area (Å²) in [5.41, 5.74) is 1.77. The van der Waals surface area contributed by atoms with E-state index in [0.29, 0.717) is 4.47 Å². The molecule has 1 aromatic heterocycles. The van der Waals surface area contributed by atoms with E-state index in [9.17, 15) is 8.42 Å². The first-order valence-corrected chi connectivity index (χ1v) is 8.79. The Morgan fingerprint density at radius 2 is 2.00 bits per heavy atom. The molecule has 108 valence electrons. The molecule has 0 bridgehead atoms. The van der Waals surface area contributed by atoms with Crippen molar-refractivity contribution in [1.29, 1.82) is 0 Å². The lowest BCUT2D eigenvalue weighted by atomic mass is 10.2. The van der Waals surface area contributed by atoms with Crippen molar-refractivity contribution in [3.05, 3.63) is 44.6 Å². The predicted molar refractivity (Wildman–Crippen MR) is 83.8 cm³/mol. The molecule has 1 aromatic carbocycles. The third-order valence-electron chi connectivity index (χ3n) is 2.73. The highest BCUT2D eigenvalue weighted by Gasteiger charge is 2.19. The molecule has 0 unspecified atom stereocenters. The quantitative estimate of drug-likeness (QED) is 0.823.